The van der Waals surface area contributed by atoms with Crippen LogP contribution in [-0.2, 0) is 0 Å². The van der Waals surface area contributed by atoms with Gasteiger partial charge in [0.05, 0.1) is 0 Å². The van der Waals surface area contributed by atoms with Crippen molar-refractivity contribution in [3.8, 4) is 0 Å². The van der Waals surface area contributed by atoms with Gasteiger partial charge in [-0.05, 0) is 25.5 Å². The van der Waals surface area contributed by atoms with Gasteiger partial charge < -0.3 is 16.4 Å². The van der Waals surface area contributed by atoms with Crippen LogP contribution in [0.15, 0.2) is 18.3 Å². The third-order valence-corrected chi connectivity index (χ3v) is 2.43. The molecule has 2 rings (SSSR count). The minimum Gasteiger partial charge on any atom is -0.399 e. The first kappa shape index (κ1) is 9.27. The summed E-state index contributed by atoms with van der Waals surface area (Å²) in [5, 5.41) is 6.72. The van der Waals surface area contributed by atoms with Gasteiger partial charge in [-0.25, -0.2) is 4.98 Å². The largest absolute Gasteiger partial charge is 0.399 e. The van der Waals surface area contributed by atoms with E-state index in [1.54, 1.807) is 12.3 Å². The van der Waals surface area contributed by atoms with Crippen LogP contribution in [0.25, 0.3) is 0 Å². The van der Waals surface area contributed by atoms with Gasteiger partial charge in [-0.1, -0.05) is 0 Å². The molecule has 1 aliphatic rings. The Labute approximate surface area is 83.9 Å². The minimum atomic E-state index is 0.484. The third kappa shape index (κ3) is 2.35. The normalized spacial score (nSPS) is 21.9. The molecule has 0 saturated carbocycles. The Hall–Kier alpha value is -1.29. The Balaban J connectivity index is 1.95. The fraction of sp³-hybridized carbons (Fsp3) is 0.500. The molecular weight excluding hydrogens is 176 g/mol. The fourth-order valence-corrected chi connectivity index (χ4v) is 1.71. The predicted octanol–water partition coefficient (Wildman–Crippen LogP) is 0.828. The van der Waals surface area contributed by atoms with Crippen LogP contribution >= 0.6 is 0 Å². The molecule has 0 amide bonds. The second-order valence-electron chi connectivity index (χ2n) is 3.66. The van der Waals surface area contributed by atoms with Crippen LogP contribution in [0.3, 0.4) is 0 Å². The summed E-state index contributed by atoms with van der Waals surface area (Å²) < 4.78 is 0. The van der Waals surface area contributed by atoms with E-state index in [4.69, 9.17) is 5.73 Å². The highest BCUT2D eigenvalue weighted by Crippen LogP contribution is 2.12. The maximum absolute atomic E-state index is 5.67. The van der Waals surface area contributed by atoms with Crippen LogP contribution in [0.2, 0.25) is 0 Å². The lowest BCUT2D eigenvalue weighted by atomic mass is 10.1. The van der Waals surface area contributed by atoms with E-state index in [9.17, 15) is 0 Å². The Morgan fingerprint density at radius 2 is 2.50 bits per heavy atom. The maximum Gasteiger partial charge on any atom is 0.128 e. The predicted molar refractivity (Wildman–Crippen MR) is 58.2 cm³/mol. The number of nitrogens with two attached hydrogens (primary N) is 1. The summed E-state index contributed by atoms with van der Waals surface area (Å²) in [7, 11) is 0. The molecule has 1 atom stereocenters. The molecule has 76 valence electrons. The zero-order chi connectivity index (χ0) is 9.80. The topological polar surface area (TPSA) is 63.0 Å². The van der Waals surface area contributed by atoms with Crippen molar-refractivity contribution in [2.75, 3.05) is 24.1 Å². The Morgan fingerprint density at radius 1 is 1.57 bits per heavy atom. The molecule has 0 spiro atoms. The van der Waals surface area contributed by atoms with E-state index in [0.717, 1.165) is 24.6 Å². The molecule has 1 aliphatic heterocycles. The number of aromatic nitrogens is 1. The van der Waals surface area contributed by atoms with E-state index in [2.05, 4.69) is 15.6 Å². The number of rotatable bonds is 2. The van der Waals surface area contributed by atoms with Gasteiger partial charge in [-0.15, -0.1) is 0 Å². The van der Waals surface area contributed by atoms with Crippen molar-refractivity contribution in [3.63, 3.8) is 0 Å². The number of piperidine rings is 1. The van der Waals surface area contributed by atoms with E-state index in [1.807, 2.05) is 6.07 Å². The fourth-order valence-electron chi connectivity index (χ4n) is 1.71. The van der Waals surface area contributed by atoms with Gasteiger partial charge >= 0.3 is 0 Å². The Morgan fingerprint density at radius 3 is 3.21 bits per heavy atom. The highest BCUT2D eigenvalue weighted by Gasteiger charge is 2.12. The van der Waals surface area contributed by atoms with Crippen LogP contribution in [0.1, 0.15) is 12.8 Å². The van der Waals surface area contributed by atoms with Gasteiger partial charge in [0.1, 0.15) is 5.82 Å². The van der Waals surface area contributed by atoms with E-state index in [-0.39, 0.29) is 0 Å². The average Bonchev–Trinajstić information content (AvgIpc) is 2.19. The molecule has 0 aliphatic carbocycles. The van der Waals surface area contributed by atoms with Crippen molar-refractivity contribution in [1.82, 2.24) is 10.3 Å². The Kier molecular flexibility index (Phi) is 2.84. The van der Waals surface area contributed by atoms with Crippen molar-refractivity contribution in [2.24, 2.45) is 0 Å². The summed E-state index contributed by atoms with van der Waals surface area (Å²) in [6, 6.07) is 4.15. The lowest BCUT2D eigenvalue weighted by Crippen LogP contribution is -2.38. The van der Waals surface area contributed by atoms with Crippen LogP contribution < -0.4 is 16.4 Å². The van der Waals surface area contributed by atoms with Crippen LogP contribution in [-0.4, -0.2) is 24.1 Å². The summed E-state index contributed by atoms with van der Waals surface area (Å²) in [6.07, 6.45) is 4.15. The molecule has 0 radical (unpaired) electrons. The van der Waals surface area contributed by atoms with E-state index >= 15 is 0 Å². The average molecular weight is 192 g/mol. The van der Waals surface area contributed by atoms with Crippen LogP contribution in [0.4, 0.5) is 11.5 Å². The molecule has 4 N–H and O–H groups in total. The number of nitrogens with zero attached hydrogens (tertiary/aromatic N) is 1. The summed E-state index contributed by atoms with van der Waals surface area (Å²) in [4.78, 5) is 4.21. The van der Waals surface area contributed by atoms with Crippen LogP contribution in [0.5, 0.6) is 0 Å². The molecule has 1 aromatic rings. The van der Waals surface area contributed by atoms with Crippen molar-refractivity contribution < 1.29 is 0 Å². The number of nitrogen functional groups attached to an aromatic ring is 1. The van der Waals surface area contributed by atoms with Crippen molar-refractivity contribution >= 4 is 11.5 Å². The molecule has 1 saturated heterocycles. The molecular formula is C10H16N4. The second-order valence-corrected chi connectivity index (χ2v) is 3.66. The standard InChI is InChI=1S/C10H16N4/c11-8-3-5-13-10(6-8)14-9-2-1-4-12-7-9/h3,5-6,9,12H,1-2,4,7H2,(H3,11,13,14). The Bertz CT molecular complexity index is 294. The molecule has 0 aromatic carbocycles. The van der Waals surface area contributed by atoms with Crippen LogP contribution in [0, 0.1) is 0 Å². The van der Waals surface area contributed by atoms with Gasteiger partial charge in [0.15, 0.2) is 0 Å². The van der Waals surface area contributed by atoms with Crippen molar-refractivity contribution in [2.45, 2.75) is 18.9 Å². The first-order valence-electron chi connectivity index (χ1n) is 5.03. The first-order valence-corrected chi connectivity index (χ1v) is 5.03. The molecule has 2 heterocycles. The van der Waals surface area contributed by atoms with E-state index in [1.165, 1.54) is 12.8 Å². The highest BCUT2D eigenvalue weighted by atomic mass is 15.1. The van der Waals surface area contributed by atoms with E-state index in [0.29, 0.717) is 6.04 Å². The molecule has 4 heteroatoms. The van der Waals surface area contributed by atoms with Gasteiger partial charge in [0.2, 0.25) is 0 Å². The molecule has 1 fully saturated rings. The van der Waals surface area contributed by atoms with E-state index < -0.39 is 0 Å². The molecule has 0 bridgehead atoms. The molecule has 1 aromatic heterocycles. The zero-order valence-corrected chi connectivity index (χ0v) is 8.16. The van der Waals surface area contributed by atoms with Gasteiger partial charge in [-0.3, -0.25) is 0 Å². The second kappa shape index (κ2) is 4.28. The zero-order valence-electron chi connectivity index (χ0n) is 8.16. The summed E-state index contributed by atoms with van der Waals surface area (Å²) >= 11 is 0. The SMILES string of the molecule is Nc1ccnc(NC2CCCNC2)c1. The monoisotopic (exact) mass is 192 g/mol. The number of anilines is 2. The molecule has 14 heavy (non-hydrogen) atoms. The minimum absolute atomic E-state index is 0.484. The quantitative estimate of drug-likeness (QED) is 0.649. The number of nitrogens with one attached hydrogen (secondary N) is 2. The van der Waals surface area contributed by atoms with Crippen molar-refractivity contribution in [3.05, 3.63) is 18.3 Å². The maximum atomic E-state index is 5.67. The number of pyridine rings is 1. The lowest BCUT2D eigenvalue weighted by molar-refractivity contribution is 0.479. The summed E-state index contributed by atoms with van der Waals surface area (Å²) in [5.74, 6) is 0.874. The first-order chi connectivity index (χ1) is 6.84. The lowest BCUT2D eigenvalue weighted by Gasteiger charge is -2.24. The number of hydrogen-bond acceptors (Lipinski definition) is 4. The molecule has 1 unspecified atom stereocenters. The van der Waals surface area contributed by atoms with Gasteiger partial charge in [-0.2, -0.15) is 0 Å². The summed E-state index contributed by atoms with van der Waals surface area (Å²) in [5.41, 5.74) is 6.42. The van der Waals surface area contributed by atoms with Gasteiger partial charge in [0, 0.05) is 30.5 Å². The number of hydrogen-bond donors (Lipinski definition) is 3. The third-order valence-electron chi connectivity index (χ3n) is 2.43. The smallest absolute Gasteiger partial charge is 0.128 e. The molecule has 4 nitrogen and oxygen atoms in total. The van der Waals surface area contributed by atoms with Crippen molar-refractivity contribution in [1.29, 1.82) is 0 Å². The highest BCUT2D eigenvalue weighted by molar-refractivity contribution is 5.48. The summed E-state index contributed by atoms with van der Waals surface area (Å²) in [6.45, 7) is 2.14. The van der Waals surface area contributed by atoms with Gasteiger partial charge in [0.25, 0.3) is 0 Å².